The van der Waals surface area contributed by atoms with Gasteiger partial charge in [0.1, 0.15) is 0 Å². The lowest BCUT2D eigenvalue weighted by Gasteiger charge is -2.23. The lowest BCUT2D eigenvalue weighted by atomic mass is 9.87. The average Bonchev–Trinajstić information content (AvgIpc) is 3.06. The molecule has 7 heteroatoms. The Morgan fingerprint density at radius 1 is 1.65 bits per heavy atom. The minimum absolute atomic E-state index is 0.0290. The second-order valence-corrected chi connectivity index (χ2v) is 6.17. The largest absolute Gasteiger partial charge is 0.481 e. The molecule has 0 aromatic carbocycles. The minimum Gasteiger partial charge on any atom is -0.481 e. The highest BCUT2D eigenvalue weighted by Gasteiger charge is 2.29. The molecular formula is C13H16N4O2S. The molecule has 0 saturated carbocycles. The number of rotatable bonds is 4. The quantitative estimate of drug-likeness (QED) is 0.934. The molecule has 1 N–H and O–H groups in total. The van der Waals surface area contributed by atoms with Gasteiger partial charge in [0.2, 0.25) is 0 Å². The zero-order valence-corrected chi connectivity index (χ0v) is 12.0. The number of carboxylic acid groups (broad SMARTS) is 1. The van der Waals surface area contributed by atoms with Gasteiger partial charge in [-0.05, 0) is 53.6 Å². The maximum Gasteiger partial charge on any atom is 0.305 e. The van der Waals surface area contributed by atoms with Crippen LogP contribution in [-0.2, 0) is 11.2 Å². The summed E-state index contributed by atoms with van der Waals surface area (Å²) in [4.78, 5) is 12.3. The Kier molecular flexibility index (Phi) is 3.52. The van der Waals surface area contributed by atoms with Gasteiger partial charge in [0.05, 0.1) is 12.5 Å². The fourth-order valence-electron chi connectivity index (χ4n) is 2.84. The van der Waals surface area contributed by atoms with Crippen LogP contribution in [0, 0.1) is 0 Å². The van der Waals surface area contributed by atoms with Gasteiger partial charge in [-0.1, -0.05) is 0 Å². The maximum atomic E-state index is 10.9. The first-order valence-electron chi connectivity index (χ1n) is 6.72. The van der Waals surface area contributed by atoms with Crippen LogP contribution >= 0.6 is 11.3 Å². The van der Waals surface area contributed by atoms with Crippen molar-refractivity contribution in [1.82, 2.24) is 20.2 Å². The van der Waals surface area contributed by atoms with Crippen molar-refractivity contribution in [2.24, 2.45) is 0 Å². The summed E-state index contributed by atoms with van der Waals surface area (Å²) in [5.41, 5.74) is 1.31. The zero-order chi connectivity index (χ0) is 14.1. The van der Waals surface area contributed by atoms with Gasteiger partial charge in [-0.2, -0.15) is 0 Å². The van der Waals surface area contributed by atoms with Gasteiger partial charge >= 0.3 is 5.97 Å². The van der Waals surface area contributed by atoms with E-state index in [-0.39, 0.29) is 18.4 Å². The fourth-order valence-corrected chi connectivity index (χ4v) is 3.83. The Balaban J connectivity index is 1.93. The zero-order valence-electron chi connectivity index (χ0n) is 11.2. The molecule has 2 aromatic rings. The SMILES string of the molecule is CC(CC(=O)O)n1nnnc1C1CCCc2sccc21. The normalized spacial score (nSPS) is 19.6. The van der Waals surface area contributed by atoms with Crippen molar-refractivity contribution >= 4 is 17.3 Å². The summed E-state index contributed by atoms with van der Waals surface area (Å²) in [7, 11) is 0. The number of carbonyl (C=O) groups is 1. The van der Waals surface area contributed by atoms with Gasteiger partial charge in [-0.3, -0.25) is 4.79 Å². The first kappa shape index (κ1) is 13.2. The van der Waals surface area contributed by atoms with E-state index in [1.54, 1.807) is 16.0 Å². The summed E-state index contributed by atoms with van der Waals surface area (Å²) >= 11 is 1.78. The molecule has 1 aliphatic rings. The molecule has 0 radical (unpaired) electrons. The van der Waals surface area contributed by atoms with E-state index >= 15 is 0 Å². The molecule has 2 heterocycles. The van der Waals surface area contributed by atoms with E-state index in [0.29, 0.717) is 0 Å². The van der Waals surface area contributed by atoms with Gasteiger partial charge in [0, 0.05) is 10.8 Å². The lowest BCUT2D eigenvalue weighted by Crippen LogP contribution is -2.19. The van der Waals surface area contributed by atoms with Crippen molar-refractivity contribution in [3.05, 3.63) is 27.7 Å². The molecule has 3 rings (SSSR count). The Morgan fingerprint density at radius 2 is 2.50 bits per heavy atom. The highest BCUT2D eigenvalue weighted by Crippen LogP contribution is 2.38. The number of hydrogen-bond acceptors (Lipinski definition) is 5. The number of nitrogens with zero attached hydrogens (tertiary/aromatic N) is 4. The molecule has 20 heavy (non-hydrogen) atoms. The number of hydrogen-bond donors (Lipinski definition) is 1. The van der Waals surface area contributed by atoms with Crippen LogP contribution < -0.4 is 0 Å². The van der Waals surface area contributed by atoms with Crippen LogP contribution in [0.3, 0.4) is 0 Å². The van der Waals surface area contributed by atoms with Crippen molar-refractivity contribution in [2.45, 2.75) is 44.6 Å². The van der Waals surface area contributed by atoms with E-state index in [2.05, 4.69) is 27.0 Å². The monoisotopic (exact) mass is 292 g/mol. The summed E-state index contributed by atoms with van der Waals surface area (Å²) in [5.74, 6) is 0.146. The van der Waals surface area contributed by atoms with Crippen LogP contribution in [-0.4, -0.2) is 31.3 Å². The van der Waals surface area contributed by atoms with E-state index in [4.69, 9.17) is 5.11 Å². The molecule has 106 valence electrons. The number of aryl methyl sites for hydroxylation is 1. The Labute approximate surface area is 120 Å². The van der Waals surface area contributed by atoms with Crippen molar-refractivity contribution in [2.75, 3.05) is 0 Å². The van der Waals surface area contributed by atoms with Crippen molar-refractivity contribution < 1.29 is 9.90 Å². The minimum atomic E-state index is -0.834. The van der Waals surface area contributed by atoms with Gasteiger partial charge in [-0.15, -0.1) is 16.4 Å². The van der Waals surface area contributed by atoms with Crippen molar-refractivity contribution in [1.29, 1.82) is 0 Å². The van der Waals surface area contributed by atoms with Crippen LogP contribution in [0.25, 0.3) is 0 Å². The number of tetrazole rings is 1. The highest BCUT2D eigenvalue weighted by molar-refractivity contribution is 7.10. The van der Waals surface area contributed by atoms with Gasteiger partial charge in [-0.25, -0.2) is 4.68 Å². The third-order valence-electron chi connectivity index (χ3n) is 3.77. The molecule has 0 saturated heterocycles. The second kappa shape index (κ2) is 5.32. The standard InChI is InChI=1S/C13H16N4O2S/c1-8(7-12(18)19)17-13(14-15-16-17)10-3-2-4-11-9(10)5-6-20-11/h5-6,8,10H,2-4,7H2,1H3,(H,18,19). The van der Waals surface area contributed by atoms with E-state index in [9.17, 15) is 4.79 Å². The molecule has 6 nitrogen and oxygen atoms in total. The Hall–Kier alpha value is -1.76. The van der Waals surface area contributed by atoms with E-state index < -0.39 is 5.97 Å². The second-order valence-electron chi connectivity index (χ2n) is 5.17. The number of fused-ring (bicyclic) bond motifs is 1. The van der Waals surface area contributed by atoms with Crippen LogP contribution in [0.15, 0.2) is 11.4 Å². The topological polar surface area (TPSA) is 80.9 Å². The summed E-state index contributed by atoms with van der Waals surface area (Å²) in [5, 5.41) is 23.0. The smallest absolute Gasteiger partial charge is 0.305 e. The molecule has 1 aliphatic carbocycles. The lowest BCUT2D eigenvalue weighted by molar-refractivity contribution is -0.137. The number of aliphatic carboxylic acids is 1. The Bertz CT molecular complexity index is 621. The van der Waals surface area contributed by atoms with Gasteiger partial charge < -0.3 is 5.11 Å². The van der Waals surface area contributed by atoms with Crippen LogP contribution in [0.5, 0.6) is 0 Å². The summed E-state index contributed by atoms with van der Waals surface area (Å²) in [6.07, 6.45) is 3.29. The van der Waals surface area contributed by atoms with Crippen LogP contribution in [0.1, 0.15) is 54.4 Å². The fraction of sp³-hybridized carbons (Fsp3) is 0.538. The molecule has 2 unspecified atom stereocenters. The van der Waals surface area contributed by atoms with Crippen LogP contribution in [0.4, 0.5) is 0 Å². The number of aromatic nitrogens is 4. The van der Waals surface area contributed by atoms with E-state index in [1.807, 2.05) is 6.92 Å². The molecule has 2 aromatic heterocycles. The van der Waals surface area contributed by atoms with Gasteiger partial charge in [0.15, 0.2) is 5.82 Å². The molecule has 0 amide bonds. The van der Waals surface area contributed by atoms with E-state index in [0.717, 1.165) is 25.1 Å². The van der Waals surface area contributed by atoms with Gasteiger partial charge in [0.25, 0.3) is 0 Å². The predicted molar refractivity (Wildman–Crippen MR) is 73.9 cm³/mol. The summed E-state index contributed by atoms with van der Waals surface area (Å²) < 4.78 is 1.67. The summed E-state index contributed by atoms with van der Waals surface area (Å²) in [6, 6.07) is 1.91. The summed E-state index contributed by atoms with van der Waals surface area (Å²) in [6.45, 7) is 1.84. The highest BCUT2D eigenvalue weighted by atomic mass is 32.1. The molecule has 0 fully saturated rings. The van der Waals surface area contributed by atoms with E-state index in [1.165, 1.54) is 10.4 Å². The van der Waals surface area contributed by atoms with Crippen molar-refractivity contribution in [3.8, 4) is 0 Å². The molecule has 0 spiro atoms. The molecule has 2 atom stereocenters. The van der Waals surface area contributed by atoms with Crippen LogP contribution in [0.2, 0.25) is 0 Å². The predicted octanol–water partition coefficient (Wildman–Crippen LogP) is 2.24. The number of carboxylic acids is 1. The first-order chi connectivity index (χ1) is 9.66. The molecule has 0 bridgehead atoms. The number of thiophene rings is 1. The molecule has 0 aliphatic heterocycles. The average molecular weight is 292 g/mol. The molecular weight excluding hydrogens is 276 g/mol. The first-order valence-corrected chi connectivity index (χ1v) is 7.60. The van der Waals surface area contributed by atoms with Crippen molar-refractivity contribution in [3.63, 3.8) is 0 Å². The third kappa shape index (κ3) is 2.33. The Morgan fingerprint density at radius 3 is 3.30 bits per heavy atom. The maximum absolute atomic E-state index is 10.9. The third-order valence-corrected chi connectivity index (χ3v) is 4.77.